The molecule has 2 rings (SSSR count). The maximum Gasteiger partial charge on any atom is 0.317 e. The first kappa shape index (κ1) is 17.4. The Morgan fingerprint density at radius 3 is 2.88 bits per heavy atom. The van der Waals surface area contributed by atoms with Gasteiger partial charge in [0.25, 0.3) is 0 Å². The highest BCUT2D eigenvalue weighted by molar-refractivity contribution is 5.75. The molecule has 24 heavy (non-hydrogen) atoms. The highest BCUT2D eigenvalue weighted by Gasteiger charge is 2.19. The Kier molecular flexibility index (Phi) is 5.46. The molecule has 1 aromatic heterocycles. The van der Waals surface area contributed by atoms with Crippen molar-refractivity contribution in [1.82, 2.24) is 20.4 Å². The predicted molar refractivity (Wildman–Crippen MR) is 81.5 cm³/mol. The molecule has 1 heterocycles. The van der Waals surface area contributed by atoms with Gasteiger partial charge in [-0.25, -0.2) is 9.18 Å². The first-order valence-corrected chi connectivity index (χ1v) is 7.20. The number of aromatic nitrogens is 2. The van der Waals surface area contributed by atoms with Crippen LogP contribution < -0.4 is 5.32 Å². The van der Waals surface area contributed by atoms with Crippen molar-refractivity contribution in [1.29, 1.82) is 0 Å². The van der Waals surface area contributed by atoms with Gasteiger partial charge in [0.2, 0.25) is 11.7 Å². The third kappa shape index (κ3) is 4.51. The Bertz CT molecular complexity index is 734. The number of hydrogen-bond acceptors (Lipinski definition) is 5. The zero-order chi connectivity index (χ0) is 17.7. The van der Waals surface area contributed by atoms with E-state index in [4.69, 9.17) is 9.63 Å². The van der Waals surface area contributed by atoms with Crippen molar-refractivity contribution in [2.24, 2.45) is 0 Å². The average Bonchev–Trinajstić information content (AvgIpc) is 3.02. The predicted octanol–water partition coefficient (Wildman–Crippen LogP) is 2.05. The summed E-state index contributed by atoms with van der Waals surface area (Å²) in [6, 6.07) is 4.70. The Balaban J connectivity index is 1.99. The van der Waals surface area contributed by atoms with E-state index in [1.165, 1.54) is 30.1 Å². The molecule has 1 atom stereocenters. The molecular formula is C15H17FN4O4. The number of carboxylic acid groups (broad SMARTS) is 1. The van der Waals surface area contributed by atoms with Gasteiger partial charge in [0.05, 0.1) is 6.42 Å². The van der Waals surface area contributed by atoms with Crippen molar-refractivity contribution in [3.63, 3.8) is 0 Å². The molecule has 1 aromatic carbocycles. The minimum atomic E-state index is -0.987. The van der Waals surface area contributed by atoms with Crippen LogP contribution in [0.1, 0.15) is 25.3 Å². The van der Waals surface area contributed by atoms with E-state index in [0.717, 1.165) is 0 Å². The van der Waals surface area contributed by atoms with Gasteiger partial charge in [0.1, 0.15) is 11.9 Å². The van der Waals surface area contributed by atoms with E-state index < -0.39 is 23.9 Å². The summed E-state index contributed by atoms with van der Waals surface area (Å²) in [4.78, 5) is 27.8. The second-order valence-electron chi connectivity index (χ2n) is 5.20. The number of carboxylic acids is 1. The molecule has 1 unspecified atom stereocenters. The number of urea groups is 1. The van der Waals surface area contributed by atoms with Crippen molar-refractivity contribution in [3.05, 3.63) is 36.0 Å². The largest absolute Gasteiger partial charge is 0.481 e. The fourth-order valence-electron chi connectivity index (χ4n) is 1.88. The molecule has 2 aromatic rings. The number of nitrogens with zero attached hydrogens (tertiary/aromatic N) is 3. The summed E-state index contributed by atoms with van der Waals surface area (Å²) in [7, 11) is 1.48. The second-order valence-corrected chi connectivity index (χ2v) is 5.20. The Morgan fingerprint density at radius 2 is 2.21 bits per heavy atom. The van der Waals surface area contributed by atoms with Gasteiger partial charge in [-0.15, -0.1) is 0 Å². The molecule has 0 saturated carbocycles. The van der Waals surface area contributed by atoms with E-state index in [-0.39, 0.29) is 24.7 Å². The van der Waals surface area contributed by atoms with Crippen LogP contribution in [0, 0.1) is 5.82 Å². The summed E-state index contributed by atoms with van der Waals surface area (Å²) in [6.07, 6.45) is -0.150. The van der Waals surface area contributed by atoms with Crippen LogP contribution in [0.5, 0.6) is 0 Å². The van der Waals surface area contributed by atoms with E-state index in [1.807, 2.05) is 0 Å². The minimum absolute atomic E-state index is 0.0757. The van der Waals surface area contributed by atoms with E-state index in [1.54, 1.807) is 13.0 Å². The molecule has 0 radical (unpaired) electrons. The van der Waals surface area contributed by atoms with Gasteiger partial charge in [-0.3, -0.25) is 4.79 Å². The molecule has 2 amide bonds. The molecule has 128 valence electrons. The normalized spacial score (nSPS) is 11.8. The molecule has 0 spiro atoms. The van der Waals surface area contributed by atoms with Gasteiger partial charge in [0, 0.05) is 19.2 Å². The van der Waals surface area contributed by atoms with E-state index in [2.05, 4.69) is 15.5 Å². The van der Waals surface area contributed by atoms with Crippen molar-refractivity contribution in [2.75, 3.05) is 13.6 Å². The van der Waals surface area contributed by atoms with Crippen molar-refractivity contribution >= 4 is 12.0 Å². The van der Waals surface area contributed by atoms with E-state index >= 15 is 0 Å². The van der Waals surface area contributed by atoms with Crippen LogP contribution >= 0.6 is 0 Å². The first-order valence-electron chi connectivity index (χ1n) is 7.20. The van der Waals surface area contributed by atoms with Crippen LogP contribution in [0.25, 0.3) is 11.4 Å². The van der Waals surface area contributed by atoms with Crippen LogP contribution in [0.15, 0.2) is 28.8 Å². The van der Waals surface area contributed by atoms with Gasteiger partial charge in [-0.2, -0.15) is 4.98 Å². The smallest absolute Gasteiger partial charge is 0.317 e. The monoisotopic (exact) mass is 336 g/mol. The van der Waals surface area contributed by atoms with Crippen molar-refractivity contribution < 1.29 is 23.6 Å². The molecule has 0 aliphatic rings. The molecule has 0 fully saturated rings. The summed E-state index contributed by atoms with van der Waals surface area (Å²) in [5.41, 5.74) is 0.460. The highest BCUT2D eigenvalue weighted by Crippen LogP contribution is 2.19. The molecule has 0 saturated heterocycles. The highest BCUT2D eigenvalue weighted by atomic mass is 19.1. The number of amides is 2. The van der Waals surface area contributed by atoms with E-state index in [9.17, 15) is 14.0 Å². The molecular weight excluding hydrogens is 319 g/mol. The Labute approximate surface area is 137 Å². The Morgan fingerprint density at radius 1 is 1.46 bits per heavy atom. The zero-order valence-electron chi connectivity index (χ0n) is 13.2. The number of aliphatic carboxylic acids is 1. The van der Waals surface area contributed by atoms with Crippen LogP contribution in [0.3, 0.4) is 0 Å². The van der Waals surface area contributed by atoms with Crippen LogP contribution in [-0.2, 0) is 4.79 Å². The van der Waals surface area contributed by atoms with Gasteiger partial charge in [-0.1, -0.05) is 17.3 Å². The van der Waals surface area contributed by atoms with Crippen molar-refractivity contribution in [2.45, 2.75) is 19.4 Å². The minimum Gasteiger partial charge on any atom is -0.481 e. The van der Waals surface area contributed by atoms with Gasteiger partial charge in [0.15, 0.2) is 0 Å². The lowest BCUT2D eigenvalue weighted by Gasteiger charge is -2.18. The molecule has 2 N–H and O–H groups in total. The maximum absolute atomic E-state index is 13.2. The van der Waals surface area contributed by atoms with Crippen LogP contribution in [-0.4, -0.2) is 45.7 Å². The third-order valence-corrected chi connectivity index (χ3v) is 3.24. The number of hydrogen-bond donors (Lipinski definition) is 2. The molecule has 0 bridgehead atoms. The van der Waals surface area contributed by atoms with Crippen LogP contribution in [0.2, 0.25) is 0 Å². The van der Waals surface area contributed by atoms with Crippen molar-refractivity contribution in [3.8, 4) is 11.4 Å². The van der Waals surface area contributed by atoms with Gasteiger partial charge < -0.3 is 19.8 Å². The summed E-state index contributed by atoms with van der Waals surface area (Å²) in [5, 5.41) is 15.0. The quantitative estimate of drug-likeness (QED) is 0.836. The average molecular weight is 336 g/mol. The number of halogens is 1. The first-order chi connectivity index (χ1) is 11.4. The lowest BCUT2D eigenvalue weighted by Crippen LogP contribution is -2.39. The summed E-state index contributed by atoms with van der Waals surface area (Å²) >= 11 is 0. The topological polar surface area (TPSA) is 109 Å². The zero-order valence-corrected chi connectivity index (χ0v) is 13.2. The number of rotatable bonds is 6. The van der Waals surface area contributed by atoms with E-state index in [0.29, 0.717) is 5.56 Å². The standard InChI is InChI=1S/C15H17FN4O4/c1-9(17-15(23)20(2)7-6-12(21)22)14-18-13(19-24-14)10-4-3-5-11(16)8-10/h3-5,8-9H,6-7H2,1-2H3,(H,17,23)(H,21,22). The fourth-order valence-corrected chi connectivity index (χ4v) is 1.88. The number of nitrogens with one attached hydrogen (secondary N) is 1. The molecule has 0 aliphatic heterocycles. The maximum atomic E-state index is 13.2. The van der Waals surface area contributed by atoms with Gasteiger partial charge in [-0.05, 0) is 19.1 Å². The number of carbonyl (C=O) groups is 2. The third-order valence-electron chi connectivity index (χ3n) is 3.24. The van der Waals surface area contributed by atoms with Gasteiger partial charge >= 0.3 is 12.0 Å². The number of carbonyl (C=O) groups excluding carboxylic acids is 1. The molecule has 9 heteroatoms. The SMILES string of the molecule is CC(NC(=O)N(C)CCC(=O)O)c1nc(-c2cccc(F)c2)no1. The molecule has 8 nitrogen and oxygen atoms in total. The number of benzene rings is 1. The summed E-state index contributed by atoms with van der Waals surface area (Å²) in [5.74, 6) is -1.03. The Hall–Kier alpha value is -2.97. The summed E-state index contributed by atoms with van der Waals surface area (Å²) in [6.45, 7) is 1.72. The lowest BCUT2D eigenvalue weighted by molar-refractivity contribution is -0.137. The molecule has 0 aliphatic carbocycles. The fraction of sp³-hybridized carbons (Fsp3) is 0.333. The second kappa shape index (κ2) is 7.53. The lowest BCUT2D eigenvalue weighted by atomic mass is 10.2. The summed E-state index contributed by atoms with van der Waals surface area (Å²) < 4.78 is 18.3. The van der Waals surface area contributed by atoms with Crippen LogP contribution in [0.4, 0.5) is 9.18 Å².